The summed E-state index contributed by atoms with van der Waals surface area (Å²) < 4.78 is 13.8. The van der Waals surface area contributed by atoms with Crippen molar-refractivity contribution >= 4 is 23.6 Å². The monoisotopic (exact) mass is 416 g/mol. The molecule has 1 N–H and O–H groups in total. The fourth-order valence-electron chi connectivity index (χ4n) is 2.82. The third-order valence-corrected chi connectivity index (χ3v) is 5.48. The van der Waals surface area contributed by atoms with Crippen molar-refractivity contribution in [2.24, 2.45) is 0 Å². The van der Waals surface area contributed by atoms with Crippen LogP contribution < -0.4 is 5.32 Å². The summed E-state index contributed by atoms with van der Waals surface area (Å²) >= 11 is 1.35. The first-order chi connectivity index (χ1) is 13.8. The second-order valence-electron chi connectivity index (χ2n) is 7.43. The van der Waals surface area contributed by atoms with E-state index < -0.39 is 6.04 Å². The molecule has 6 heteroatoms. The first-order valence-electron chi connectivity index (χ1n) is 9.74. The number of rotatable bonds is 9. The Morgan fingerprint density at radius 1 is 1.07 bits per heavy atom. The van der Waals surface area contributed by atoms with E-state index in [2.05, 4.69) is 5.32 Å². The summed E-state index contributed by atoms with van der Waals surface area (Å²) in [5.74, 6) is -0.00502. The highest BCUT2D eigenvalue weighted by atomic mass is 32.2. The van der Waals surface area contributed by atoms with Crippen molar-refractivity contribution in [3.8, 4) is 0 Å². The van der Waals surface area contributed by atoms with Gasteiger partial charge in [0.2, 0.25) is 11.8 Å². The van der Waals surface area contributed by atoms with E-state index in [9.17, 15) is 14.0 Å². The predicted molar refractivity (Wildman–Crippen MR) is 117 cm³/mol. The maximum absolute atomic E-state index is 13.8. The van der Waals surface area contributed by atoms with Gasteiger partial charge in [0.1, 0.15) is 11.9 Å². The lowest BCUT2D eigenvalue weighted by molar-refractivity contribution is -0.138. The van der Waals surface area contributed by atoms with Crippen LogP contribution in [0.1, 0.15) is 37.5 Å². The number of halogens is 1. The molecule has 0 bridgehead atoms. The van der Waals surface area contributed by atoms with Crippen LogP contribution in [0.3, 0.4) is 0 Å². The summed E-state index contributed by atoms with van der Waals surface area (Å²) in [7, 11) is 0. The summed E-state index contributed by atoms with van der Waals surface area (Å²) in [4.78, 5) is 27.1. The Kier molecular flexibility index (Phi) is 8.70. The van der Waals surface area contributed by atoms with Gasteiger partial charge in [-0.15, -0.1) is 11.8 Å². The highest BCUT2D eigenvalue weighted by molar-refractivity contribution is 7.99. The molecular weight excluding hydrogens is 387 g/mol. The number of hydrogen-bond acceptors (Lipinski definition) is 3. The van der Waals surface area contributed by atoms with Gasteiger partial charge >= 0.3 is 0 Å². The average molecular weight is 417 g/mol. The second kappa shape index (κ2) is 11.0. The van der Waals surface area contributed by atoms with Crippen molar-refractivity contribution in [3.63, 3.8) is 0 Å². The molecule has 0 aliphatic heterocycles. The van der Waals surface area contributed by atoms with E-state index in [-0.39, 0.29) is 29.4 Å². The molecule has 0 fully saturated rings. The van der Waals surface area contributed by atoms with Gasteiger partial charge < -0.3 is 10.2 Å². The summed E-state index contributed by atoms with van der Waals surface area (Å²) in [6.07, 6.45) is 0. The largest absolute Gasteiger partial charge is 0.352 e. The molecule has 0 aliphatic carbocycles. The van der Waals surface area contributed by atoms with E-state index in [1.54, 1.807) is 30.0 Å². The van der Waals surface area contributed by atoms with Gasteiger partial charge in [-0.1, -0.05) is 48.0 Å². The van der Waals surface area contributed by atoms with Crippen molar-refractivity contribution in [1.29, 1.82) is 0 Å². The van der Waals surface area contributed by atoms with Crippen molar-refractivity contribution in [3.05, 3.63) is 71.0 Å². The van der Waals surface area contributed by atoms with Gasteiger partial charge in [0.15, 0.2) is 0 Å². The molecule has 0 spiro atoms. The zero-order valence-corrected chi connectivity index (χ0v) is 18.3. The van der Waals surface area contributed by atoms with Crippen LogP contribution in [0.25, 0.3) is 0 Å². The van der Waals surface area contributed by atoms with Gasteiger partial charge in [-0.25, -0.2) is 4.39 Å². The number of nitrogens with zero attached hydrogens (tertiary/aromatic N) is 1. The molecule has 2 rings (SSSR count). The van der Waals surface area contributed by atoms with Crippen molar-refractivity contribution in [2.45, 2.75) is 52.1 Å². The zero-order valence-electron chi connectivity index (χ0n) is 17.4. The standard InChI is InChI=1S/C23H29FN2O2S/c1-16(2)25-23(28)18(4)26(13-19-11-9-17(3)10-12-19)22(27)15-29-14-20-7-5-6-8-21(20)24/h5-12,16,18H,13-15H2,1-4H3,(H,25,28)/t18-/m0/s1. The van der Waals surface area contributed by atoms with Crippen LogP contribution in [0.5, 0.6) is 0 Å². The highest BCUT2D eigenvalue weighted by Crippen LogP contribution is 2.18. The smallest absolute Gasteiger partial charge is 0.242 e. The Morgan fingerprint density at radius 2 is 1.72 bits per heavy atom. The number of amides is 2. The van der Waals surface area contributed by atoms with Gasteiger partial charge in [-0.05, 0) is 44.9 Å². The first kappa shape index (κ1) is 22.9. The fraction of sp³-hybridized carbons (Fsp3) is 0.391. The molecule has 0 aromatic heterocycles. The summed E-state index contributed by atoms with van der Waals surface area (Å²) in [5.41, 5.74) is 2.67. The Balaban J connectivity index is 2.07. The number of thioether (sulfide) groups is 1. The Bertz CT molecular complexity index is 824. The van der Waals surface area contributed by atoms with E-state index in [1.165, 1.54) is 17.8 Å². The minimum atomic E-state index is -0.597. The molecule has 0 unspecified atom stereocenters. The number of benzene rings is 2. The highest BCUT2D eigenvalue weighted by Gasteiger charge is 2.26. The maximum atomic E-state index is 13.8. The molecule has 0 saturated heterocycles. The van der Waals surface area contributed by atoms with Crippen LogP contribution in [0.4, 0.5) is 4.39 Å². The number of hydrogen-bond donors (Lipinski definition) is 1. The van der Waals surface area contributed by atoms with Gasteiger partial charge in [-0.3, -0.25) is 9.59 Å². The van der Waals surface area contributed by atoms with E-state index in [1.807, 2.05) is 45.0 Å². The molecule has 29 heavy (non-hydrogen) atoms. The molecule has 2 aromatic carbocycles. The molecule has 0 radical (unpaired) electrons. The third-order valence-electron chi connectivity index (χ3n) is 4.51. The lowest BCUT2D eigenvalue weighted by Crippen LogP contribution is -2.49. The quantitative estimate of drug-likeness (QED) is 0.663. The lowest BCUT2D eigenvalue weighted by Gasteiger charge is -2.29. The van der Waals surface area contributed by atoms with Crippen molar-refractivity contribution in [1.82, 2.24) is 10.2 Å². The molecule has 156 valence electrons. The minimum absolute atomic E-state index is 0.00305. The van der Waals surface area contributed by atoms with Gasteiger partial charge in [0.05, 0.1) is 5.75 Å². The van der Waals surface area contributed by atoms with Gasteiger partial charge in [-0.2, -0.15) is 0 Å². The van der Waals surface area contributed by atoms with Crippen molar-refractivity contribution in [2.75, 3.05) is 5.75 Å². The maximum Gasteiger partial charge on any atom is 0.242 e. The van der Waals surface area contributed by atoms with E-state index >= 15 is 0 Å². The average Bonchev–Trinajstić information content (AvgIpc) is 2.68. The van der Waals surface area contributed by atoms with Crippen LogP contribution in [0.2, 0.25) is 0 Å². The summed E-state index contributed by atoms with van der Waals surface area (Å²) in [6, 6.07) is 13.9. The van der Waals surface area contributed by atoms with E-state index in [0.29, 0.717) is 17.9 Å². The normalized spacial score (nSPS) is 11.9. The molecule has 2 amide bonds. The molecular formula is C23H29FN2O2S. The summed E-state index contributed by atoms with van der Waals surface area (Å²) in [6.45, 7) is 7.88. The molecule has 0 saturated carbocycles. The van der Waals surface area contributed by atoms with Crippen LogP contribution in [-0.2, 0) is 21.9 Å². The number of carbonyl (C=O) groups excluding carboxylic acids is 2. The van der Waals surface area contributed by atoms with Crippen LogP contribution in [-0.4, -0.2) is 34.6 Å². The Hall–Kier alpha value is -2.34. The van der Waals surface area contributed by atoms with Crippen molar-refractivity contribution < 1.29 is 14.0 Å². The zero-order chi connectivity index (χ0) is 21.4. The Morgan fingerprint density at radius 3 is 2.34 bits per heavy atom. The minimum Gasteiger partial charge on any atom is -0.352 e. The Labute approximate surface area is 176 Å². The lowest BCUT2D eigenvalue weighted by atomic mass is 10.1. The molecule has 0 heterocycles. The van der Waals surface area contributed by atoms with E-state index in [0.717, 1.165) is 11.1 Å². The van der Waals surface area contributed by atoms with Crippen LogP contribution >= 0.6 is 11.8 Å². The second-order valence-corrected chi connectivity index (χ2v) is 8.42. The first-order valence-corrected chi connectivity index (χ1v) is 10.9. The summed E-state index contributed by atoms with van der Waals surface area (Å²) in [5, 5.41) is 2.87. The molecule has 1 atom stereocenters. The van der Waals surface area contributed by atoms with Gasteiger partial charge in [0, 0.05) is 18.3 Å². The fourth-order valence-corrected chi connectivity index (χ4v) is 3.72. The SMILES string of the molecule is Cc1ccc(CN(C(=O)CSCc2ccccc2F)[C@@H](C)C(=O)NC(C)C)cc1. The molecule has 4 nitrogen and oxygen atoms in total. The van der Waals surface area contributed by atoms with E-state index in [4.69, 9.17) is 0 Å². The number of nitrogens with one attached hydrogen (secondary N) is 1. The molecule has 2 aromatic rings. The topological polar surface area (TPSA) is 49.4 Å². The molecule has 0 aliphatic rings. The number of aryl methyl sites for hydroxylation is 1. The van der Waals surface area contributed by atoms with Gasteiger partial charge in [0.25, 0.3) is 0 Å². The number of carbonyl (C=O) groups is 2. The predicted octanol–water partition coefficient (Wildman–Crippen LogP) is 4.31. The van der Waals surface area contributed by atoms with Crippen LogP contribution in [0.15, 0.2) is 48.5 Å². The third kappa shape index (κ3) is 7.20. The van der Waals surface area contributed by atoms with Crippen LogP contribution in [0, 0.1) is 12.7 Å².